The summed E-state index contributed by atoms with van der Waals surface area (Å²) in [5.41, 5.74) is 3.89. The number of nitrogens with zero attached hydrogens (tertiary/aromatic N) is 1. The number of fused-ring (bicyclic) bond motifs is 1. The first kappa shape index (κ1) is 19.4. The second-order valence-corrected chi connectivity index (χ2v) is 7.27. The van der Waals surface area contributed by atoms with E-state index in [0.717, 1.165) is 32.0 Å². The second kappa shape index (κ2) is 9.03. The van der Waals surface area contributed by atoms with E-state index >= 15 is 0 Å². The summed E-state index contributed by atoms with van der Waals surface area (Å²) in [5.74, 6) is 7.71. The molecule has 0 unspecified atom stereocenters. The van der Waals surface area contributed by atoms with Gasteiger partial charge in [-0.05, 0) is 42.7 Å². The van der Waals surface area contributed by atoms with Crippen LogP contribution in [-0.4, -0.2) is 17.4 Å². The van der Waals surface area contributed by atoms with E-state index in [2.05, 4.69) is 27.5 Å². The molecule has 1 heterocycles. The Kier molecular flexibility index (Phi) is 6.26. The van der Waals surface area contributed by atoms with Crippen LogP contribution in [0.25, 0.3) is 10.2 Å². The van der Waals surface area contributed by atoms with Gasteiger partial charge in [0, 0.05) is 23.4 Å². The Morgan fingerprint density at radius 3 is 2.96 bits per heavy atom. The summed E-state index contributed by atoms with van der Waals surface area (Å²) >= 11 is 1.54. The van der Waals surface area contributed by atoms with Crippen LogP contribution >= 0.6 is 11.3 Å². The van der Waals surface area contributed by atoms with Crippen LogP contribution in [0.4, 0.5) is 10.1 Å². The quantitative estimate of drug-likeness (QED) is 0.651. The van der Waals surface area contributed by atoms with E-state index in [4.69, 9.17) is 6.42 Å². The summed E-state index contributed by atoms with van der Waals surface area (Å²) < 4.78 is 14.2. The number of thiazole rings is 1. The molecule has 140 valence electrons. The molecular formula is C22H18FN3OS. The van der Waals surface area contributed by atoms with Crippen LogP contribution in [-0.2, 0) is 18.0 Å². The number of hydrogen-bond acceptors (Lipinski definition) is 4. The van der Waals surface area contributed by atoms with Gasteiger partial charge in [0.1, 0.15) is 6.67 Å². The van der Waals surface area contributed by atoms with Crippen molar-refractivity contribution >= 4 is 33.1 Å². The van der Waals surface area contributed by atoms with Crippen molar-refractivity contribution in [2.24, 2.45) is 0 Å². The average molecular weight is 391 g/mol. The van der Waals surface area contributed by atoms with Crippen LogP contribution in [0.3, 0.4) is 0 Å². The molecular weight excluding hydrogens is 373 g/mol. The summed E-state index contributed by atoms with van der Waals surface area (Å²) in [5, 5.41) is 6.75. The highest BCUT2D eigenvalue weighted by atomic mass is 32.1. The average Bonchev–Trinajstić information content (AvgIpc) is 3.09. The zero-order chi connectivity index (χ0) is 19.9. The third kappa shape index (κ3) is 4.88. The van der Waals surface area contributed by atoms with Gasteiger partial charge in [-0.25, -0.2) is 9.37 Å². The third-order valence-electron chi connectivity index (χ3n) is 3.95. The number of halogens is 1. The topological polar surface area (TPSA) is 54.0 Å². The Balaban J connectivity index is 1.65. The summed E-state index contributed by atoms with van der Waals surface area (Å²) in [4.78, 5) is 15.5. The maximum absolute atomic E-state index is 13.3. The largest absolute Gasteiger partial charge is 0.374 e. The van der Waals surface area contributed by atoms with E-state index in [9.17, 15) is 9.18 Å². The summed E-state index contributed by atoms with van der Waals surface area (Å²) in [6, 6.07) is 11.3. The van der Waals surface area contributed by atoms with Crippen molar-refractivity contribution in [3.63, 3.8) is 0 Å². The molecule has 0 radical (unpaired) electrons. The Morgan fingerprint density at radius 1 is 1.32 bits per heavy atom. The van der Waals surface area contributed by atoms with E-state index in [0.29, 0.717) is 18.7 Å². The van der Waals surface area contributed by atoms with Crippen molar-refractivity contribution < 1.29 is 9.18 Å². The number of carbonyl (C=O) groups is 1. The molecule has 28 heavy (non-hydrogen) atoms. The zero-order valence-electron chi connectivity index (χ0n) is 15.3. The van der Waals surface area contributed by atoms with E-state index in [-0.39, 0.29) is 0 Å². The normalized spacial score (nSPS) is 10.0. The summed E-state index contributed by atoms with van der Waals surface area (Å²) in [6.45, 7) is 2.15. The zero-order valence-corrected chi connectivity index (χ0v) is 16.1. The molecule has 0 aliphatic heterocycles. The van der Waals surface area contributed by atoms with Gasteiger partial charge < -0.3 is 10.6 Å². The minimum absolute atomic E-state index is 0.366. The van der Waals surface area contributed by atoms with Crippen LogP contribution in [0.1, 0.15) is 21.7 Å². The molecule has 0 saturated heterocycles. The number of alkyl halides is 1. The van der Waals surface area contributed by atoms with Crippen molar-refractivity contribution in [3.05, 3.63) is 58.1 Å². The first-order valence-electron chi connectivity index (χ1n) is 8.61. The Hall–Kier alpha value is -3.35. The molecule has 0 bridgehead atoms. The van der Waals surface area contributed by atoms with Crippen LogP contribution in [0, 0.1) is 31.1 Å². The molecule has 0 aliphatic carbocycles. The van der Waals surface area contributed by atoms with E-state index in [1.165, 1.54) is 11.3 Å². The van der Waals surface area contributed by atoms with Crippen molar-refractivity contribution in [3.8, 4) is 24.2 Å². The van der Waals surface area contributed by atoms with Crippen molar-refractivity contribution in [2.75, 3.05) is 11.9 Å². The van der Waals surface area contributed by atoms with Crippen molar-refractivity contribution in [1.29, 1.82) is 0 Å². The fraction of sp³-hybridized carbons (Fsp3) is 0.182. The van der Waals surface area contributed by atoms with Crippen molar-refractivity contribution in [2.45, 2.75) is 20.1 Å². The monoisotopic (exact) mass is 391 g/mol. The highest BCUT2D eigenvalue weighted by molar-refractivity contribution is 7.18. The number of rotatable bonds is 5. The molecule has 3 rings (SSSR count). The molecule has 0 fully saturated rings. The number of hydrogen-bond donors (Lipinski definition) is 2. The fourth-order valence-corrected chi connectivity index (χ4v) is 3.62. The van der Waals surface area contributed by atoms with Crippen LogP contribution in [0.5, 0.6) is 0 Å². The molecule has 0 atom stereocenters. The minimum atomic E-state index is -0.559. The maximum atomic E-state index is 13.3. The van der Waals surface area contributed by atoms with Gasteiger partial charge in [-0.15, -0.1) is 17.8 Å². The minimum Gasteiger partial charge on any atom is -0.374 e. The van der Waals surface area contributed by atoms with Gasteiger partial charge in [-0.2, -0.15) is 0 Å². The van der Waals surface area contributed by atoms with Crippen LogP contribution in [0.2, 0.25) is 0 Å². The predicted molar refractivity (Wildman–Crippen MR) is 112 cm³/mol. The number of benzene rings is 2. The lowest BCUT2D eigenvalue weighted by Crippen LogP contribution is -2.20. The summed E-state index contributed by atoms with van der Waals surface area (Å²) in [6.07, 6.45) is 5.03. The smallest absolute Gasteiger partial charge is 0.295 e. The molecule has 1 aromatic heterocycles. The van der Waals surface area contributed by atoms with Crippen LogP contribution < -0.4 is 10.6 Å². The van der Waals surface area contributed by atoms with E-state index < -0.39 is 12.6 Å². The van der Waals surface area contributed by atoms with Crippen LogP contribution in [0.15, 0.2) is 36.4 Å². The summed E-state index contributed by atoms with van der Waals surface area (Å²) in [7, 11) is 0. The van der Waals surface area contributed by atoms with Gasteiger partial charge in [0.25, 0.3) is 5.91 Å². The second-order valence-electron chi connectivity index (χ2n) is 6.03. The standard InChI is InChI=1S/C22H18FN3OS/c1-3-21(27)25-14-17-6-4-8-19(11-17)24-9-5-7-16-10-18(13-23)22-20(12-16)28-15(2)26-22/h1,4,6,8,10-12,24H,9,13-14H2,2H3,(H,25,27). The van der Waals surface area contributed by atoms with Gasteiger partial charge in [0.15, 0.2) is 0 Å². The molecule has 1 amide bonds. The van der Waals surface area contributed by atoms with Crippen molar-refractivity contribution in [1.82, 2.24) is 10.3 Å². The van der Waals surface area contributed by atoms with Gasteiger partial charge in [0.05, 0.1) is 21.8 Å². The van der Waals surface area contributed by atoms with E-state index in [1.807, 2.05) is 43.2 Å². The number of anilines is 1. The first-order chi connectivity index (χ1) is 13.6. The number of nitrogens with one attached hydrogen (secondary N) is 2. The molecule has 0 aliphatic rings. The number of aromatic nitrogens is 1. The molecule has 2 N–H and O–H groups in total. The molecule has 0 spiro atoms. The number of terminal acetylenes is 1. The van der Waals surface area contributed by atoms with Gasteiger partial charge in [0.2, 0.25) is 0 Å². The maximum Gasteiger partial charge on any atom is 0.295 e. The predicted octanol–water partition coefficient (Wildman–Crippen LogP) is 3.79. The van der Waals surface area contributed by atoms with E-state index in [1.54, 1.807) is 6.07 Å². The van der Waals surface area contributed by atoms with Gasteiger partial charge >= 0.3 is 0 Å². The lowest BCUT2D eigenvalue weighted by molar-refractivity contribution is -0.115. The Labute approximate surface area is 167 Å². The number of aryl methyl sites for hydroxylation is 1. The SMILES string of the molecule is C#CC(=O)NCc1cccc(NCC#Cc2cc(CF)c3nc(C)sc3c2)c1. The third-order valence-corrected chi connectivity index (χ3v) is 4.87. The molecule has 3 aromatic rings. The highest BCUT2D eigenvalue weighted by Crippen LogP contribution is 2.26. The Morgan fingerprint density at radius 2 is 2.18 bits per heavy atom. The number of amides is 1. The molecule has 6 heteroatoms. The molecule has 0 saturated carbocycles. The molecule has 4 nitrogen and oxygen atoms in total. The van der Waals surface area contributed by atoms with Gasteiger partial charge in [-0.3, -0.25) is 4.79 Å². The fourth-order valence-electron chi connectivity index (χ4n) is 2.70. The van der Waals surface area contributed by atoms with Gasteiger partial charge in [-0.1, -0.05) is 24.0 Å². The first-order valence-corrected chi connectivity index (χ1v) is 9.43. The molecule has 2 aromatic carbocycles. The lowest BCUT2D eigenvalue weighted by atomic mass is 10.1. The lowest BCUT2D eigenvalue weighted by Gasteiger charge is -2.06. The number of carbonyl (C=O) groups excluding carboxylic acids is 1. The Bertz CT molecular complexity index is 1120. The highest BCUT2D eigenvalue weighted by Gasteiger charge is 2.07.